The van der Waals surface area contributed by atoms with Crippen LogP contribution >= 0.6 is 0 Å². The maximum Gasteiger partial charge on any atom is 0.268 e. The summed E-state index contributed by atoms with van der Waals surface area (Å²) in [7, 11) is -2.67. The monoisotopic (exact) mass is 466 g/mol. The number of hydrogen-bond donors (Lipinski definition) is 1. The molecule has 7 heteroatoms. The molecule has 0 aliphatic carbocycles. The van der Waals surface area contributed by atoms with E-state index in [-0.39, 0.29) is 23.2 Å². The normalized spacial score (nSPS) is 12.2. The van der Waals surface area contributed by atoms with Crippen LogP contribution in [-0.2, 0) is 14.8 Å². The smallest absolute Gasteiger partial charge is 0.268 e. The number of nitrogens with zero attached hydrogens (tertiary/aromatic N) is 1. The number of ether oxygens (including phenoxy) is 1. The number of benzene rings is 3. The molecule has 0 radical (unpaired) electrons. The number of nitrogens with one attached hydrogen (secondary N) is 1. The molecule has 3 aromatic rings. The number of hydrogen-bond acceptors (Lipinski definition) is 4. The summed E-state index contributed by atoms with van der Waals surface area (Å²) in [5.41, 5.74) is 4.10. The lowest BCUT2D eigenvalue weighted by molar-refractivity contribution is -0.120. The predicted octanol–water partition coefficient (Wildman–Crippen LogP) is 4.69. The molecular weight excluding hydrogens is 436 g/mol. The summed E-state index contributed by atoms with van der Waals surface area (Å²) in [4.78, 5) is 13.0. The molecule has 0 saturated carbocycles. The lowest BCUT2D eigenvalue weighted by atomic mass is 10.1. The summed E-state index contributed by atoms with van der Waals surface area (Å²) < 4.78 is 34.1. The molecule has 1 amide bonds. The first-order valence-electron chi connectivity index (χ1n) is 10.7. The lowest BCUT2D eigenvalue weighted by Gasteiger charge is -2.26. The SMILES string of the molecule is COc1ccc(C)cc1S(=O)(=O)N(CC(=O)N[C@H](C)c1ccccc1)c1ccc(C)c(C)c1. The van der Waals surface area contributed by atoms with Gasteiger partial charge in [-0.05, 0) is 74.2 Å². The van der Waals surface area contributed by atoms with E-state index in [4.69, 9.17) is 4.74 Å². The van der Waals surface area contributed by atoms with Gasteiger partial charge in [-0.2, -0.15) is 0 Å². The third kappa shape index (κ3) is 5.54. The van der Waals surface area contributed by atoms with Crippen LogP contribution < -0.4 is 14.4 Å². The van der Waals surface area contributed by atoms with Gasteiger partial charge >= 0.3 is 0 Å². The van der Waals surface area contributed by atoms with Crippen LogP contribution in [0.1, 0.15) is 35.2 Å². The second-order valence-electron chi connectivity index (χ2n) is 8.13. The fourth-order valence-electron chi connectivity index (χ4n) is 3.54. The van der Waals surface area contributed by atoms with E-state index in [1.165, 1.54) is 7.11 Å². The maximum atomic E-state index is 13.8. The van der Waals surface area contributed by atoms with Crippen molar-refractivity contribution in [3.05, 3.63) is 89.0 Å². The van der Waals surface area contributed by atoms with Crippen molar-refractivity contribution >= 4 is 21.6 Å². The van der Waals surface area contributed by atoms with Gasteiger partial charge in [0, 0.05) is 0 Å². The van der Waals surface area contributed by atoms with E-state index in [1.807, 2.05) is 64.1 Å². The highest BCUT2D eigenvalue weighted by Crippen LogP contribution is 2.31. The molecule has 0 saturated heterocycles. The zero-order chi connectivity index (χ0) is 24.2. The van der Waals surface area contributed by atoms with Crippen LogP contribution in [0.5, 0.6) is 5.75 Å². The van der Waals surface area contributed by atoms with Crippen molar-refractivity contribution in [3.8, 4) is 5.75 Å². The van der Waals surface area contributed by atoms with Gasteiger partial charge in [0.1, 0.15) is 17.2 Å². The Balaban J connectivity index is 2.00. The molecular formula is C26H30N2O4S. The van der Waals surface area contributed by atoms with Crippen LogP contribution in [0.4, 0.5) is 5.69 Å². The molecule has 0 aromatic heterocycles. The Kier molecular flexibility index (Phi) is 7.43. The third-order valence-corrected chi connectivity index (χ3v) is 7.42. The van der Waals surface area contributed by atoms with E-state index in [9.17, 15) is 13.2 Å². The van der Waals surface area contributed by atoms with Gasteiger partial charge in [-0.25, -0.2) is 8.42 Å². The van der Waals surface area contributed by atoms with Crippen LogP contribution in [0.25, 0.3) is 0 Å². The average molecular weight is 467 g/mol. The van der Waals surface area contributed by atoms with Crippen LogP contribution in [0.2, 0.25) is 0 Å². The van der Waals surface area contributed by atoms with E-state index in [1.54, 1.807) is 30.3 Å². The highest BCUT2D eigenvalue weighted by molar-refractivity contribution is 7.93. The molecule has 0 spiro atoms. The van der Waals surface area contributed by atoms with Crippen molar-refractivity contribution < 1.29 is 17.9 Å². The fourth-order valence-corrected chi connectivity index (χ4v) is 5.20. The second-order valence-corrected chi connectivity index (χ2v) is 9.97. The first kappa shape index (κ1) is 24.3. The fraction of sp³-hybridized carbons (Fsp3) is 0.269. The number of sulfonamides is 1. The molecule has 0 heterocycles. The first-order chi connectivity index (χ1) is 15.6. The van der Waals surface area contributed by atoms with Crippen LogP contribution in [0.3, 0.4) is 0 Å². The summed E-state index contributed by atoms with van der Waals surface area (Å²) in [6, 6.07) is 19.6. The quantitative estimate of drug-likeness (QED) is 0.522. The zero-order valence-corrected chi connectivity index (χ0v) is 20.4. The van der Waals surface area contributed by atoms with E-state index >= 15 is 0 Å². The Labute approximate surface area is 196 Å². The number of aryl methyl sites for hydroxylation is 3. The highest BCUT2D eigenvalue weighted by Gasteiger charge is 2.30. The molecule has 3 aromatic carbocycles. The molecule has 0 bridgehead atoms. The van der Waals surface area contributed by atoms with Gasteiger partial charge in [0.25, 0.3) is 10.0 Å². The topological polar surface area (TPSA) is 75.7 Å². The lowest BCUT2D eigenvalue weighted by Crippen LogP contribution is -2.41. The molecule has 0 fully saturated rings. The van der Waals surface area contributed by atoms with Gasteiger partial charge < -0.3 is 10.1 Å². The molecule has 3 rings (SSSR count). The van der Waals surface area contributed by atoms with E-state index in [2.05, 4.69) is 5.32 Å². The summed E-state index contributed by atoms with van der Waals surface area (Å²) >= 11 is 0. The molecule has 0 unspecified atom stereocenters. The van der Waals surface area contributed by atoms with Crippen molar-refractivity contribution in [2.45, 2.75) is 38.6 Å². The highest BCUT2D eigenvalue weighted by atomic mass is 32.2. The standard InChI is InChI=1S/C26H30N2O4S/c1-18-11-14-24(32-5)25(15-18)33(30,31)28(23-13-12-19(2)20(3)16-23)17-26(29)27-21(4)22-9-7-6-8-10-22/h6-16,21H,17H2,1-5H3,(H,27,29)/t21-/m1/s1. The number of amides is 1. The Hall–Kier alpha value is -3.32. The van der Waals surface area contributed by atoms with Gasteiger partial charge in [-0.1, -0.05) is 42.5 Å². The van der Waals surface area contributed by atoms with Crippen LogP contribution in [0.15, 0.2) is 71.6 Å². The number of anilines is 1. The van der Waals surface area contributed by atoms with Crippen molar-refractivity contribution in [3.63, 3.8) is 0 Å². The number of carbonyl (C=O) groups is 1. The predicted molar refractivity (Wildman–Crippen MR) is 131 cm³/mol. The molecule has 0 aliphatic heterocycles. The maximum absolute atomic E-state index is 13.8. The number of rotatable bonds is 8. The second kappa shape index (κ2) is 10.1. The summed E-state index contributed by atoms with van der Waals surface area (Å²) in [5, 5.41) is 2.91. The van der Waals surface area contributed by atoms with Gasteiger partial charge in [0.2, 0.25) is 5.91 Å². The third-order valence-electron chi connectivity index (χ3n) is 5.63. The Morgan fingerprint density at radius 3 is 2.30 bits per heavy atom. The van der Waals surface area contributed by atoms with Gasteiger partial charge in [0.05, 0.1) is 18.8 Å². The Morgan fingerprint density at radius 2 is 1.67 bits per heavy atom. The zero-order valence-electron chi connectivity index (χ0n) is 19.6. The summed E-state index contributed by atoms with van der Waals surface area (Å²) in [6.07, 6.45) is 0. The summed E-state index contributed by atoms with van der Waals surface area (Å²) in [6.45, 7) is 7.18. The van der Waals surface area contributed by atoms with E-state index < -0.39 is 15.9 Å². The minimum Gasteiger partial charge on any atom is -0.495 e. The first-order valence-corrected chi connectivity index (χ1v) is 12.2. The van der Waals surface area contributed by atoms with Gasteiger partial charge in [-0.3, -0.25) is 9.10 Å². The Bertz CT molecular complexity index is 1240. The van der Waals surface area contributed by atoms with Crippen molar-refractivity contribution in [1.82, 2.24) is 5.32 Å². The molecule has 174 valence electrons. The number of methoxy groups -OCH3 is 1. The molecule has 6 nitrogen and oxygen atoms in total. The Morgan fingerprint density at radius 1 is 0.970 bits per heavy atom. The van der Waals surface area contributed by atoms with Gasteiger partial charge in [-0.15, -0.1) is 0 Å². The van der Waals surface area contributed by atoms with Crippen molar-refractivity contribution in [2.24, 2.45) is 0 Å². The summed E-state index contributed by atoms with van der Waals surface area (Å²) in [5.74, 6) is -0.174. The van der Waals surface area contributed by atoms with Crippen LogP contribution in [0, 0.1) is 20.8 Å². The van der Waals surface area contributed by atoms with Gasteiger partial charge in [0.15, 0.2) is 0 Å². The molecule has 1 atom stereocenters. The minimum atomic E-state index is -4.10. The number of carbonyl (C=O) groups excluding carboxylic acids is 1. The van der Waals surface area contributed by atoms with Crippen LogP contribution in [-0.4, -0.2) is 28.0 Å². The molecule has 0 aliphatic rings. The molecule has 1 N–H and O–H groups in total. The van der Waals surface area contributed by atoms with Crippen molar-refractivity contribution in [2.75, 3.05) is 18.0 Å². The largest absolute Gasteiger partial charge is 0.495 e. The van der Waals surface area contributed by atoms with E-state index in [0.717, 1.165) is 26.6 Å². The minimum absolute atomic E-state index is 0.0205. The van der Waals surface area contributed by atoms with E-state index in [0.29, 0.717) is 5.69 Å². The van der Waals surface area contributed by atoms with Crippen molar-refractivity contribution in [1.29, 1.82) is 0 Å². The molecule has 33 heavy (non-hydrogen) atoms. The average Bonchev–Trinajstić information content (AvgIpc) is 2.79.